The quantitative estimate of drug-likeness (QED) is 0.769. The Bertz CT molecular complexity index is 486. The van der Waals surface area contributed by atoms with Crippen LogP contribution in [0.5, 0.6) is 0 Å². The van der Waals surface area contributed by atoms with Gasteiger partial charge in [0, 0.05) is 10.0 Å². The second-order valence-electron chi connectivity index (χ2n) is 5.35. The molecule has 2 amide bonds. The van der Waals surface area contributed by atoms with E-state index in [1.807, 2.05) is 38.1 Å². The van der Waals surface area contributed by atoms with Crippen LogP contribution in [0.4, 0.5) is 4.79 Å². The molecular formula is C14H19BrN2O3. The van der Waals surface area contributed by atoms with E-state index in [0.717, 1.165) is 10.0 Å². The summed E-state index contributed by atoms with van der Waals surface area (Å²) in [6, 6.07) is 7.08. The summed E-state index contributed by atoms with van der Waals surface area (Å²) in [5.74, 6) is -0.338. The van der Waals surface area contributed by atoms with Crippen LogP contribution in [0.15, 0.2) is 28.7 Å². The minimum Gasteiger partial charge on any atom is -0.465 e. The number of hydrogen-bond donors (Lipinski definition) is 3. The molecule has 0 aliphatic heterocycles. The van der Waals surface area contributed by atoms with Crippen LogP contribution < -0.4 is 10.6 Å². The number of rotatable bonds is 5. The summed E-state index contributed by atoms with van der Waals surface area (Å²) < 4.78 is 1.00. The fraction of sp³-hybridized carbons (Fsp3) is 0.429. The Morgan fingerprint density at radius 1 is 1.30 bits per heavy atom. The Kier molecular flexibility index (Phi) is 5.56. The second kappa shape index (κ2) is 6.74. The van der Waals surface area contributed by atoms with E-state index >= 15 is 0 Å². The van der Waals surface area contributed by atoms with Crippen molar-refractivity contribution >= 4 is 27.9 Å². The first-order valence-corrected chi connectivity index (χ1v) is 7.05. The van der Waals surface area contributed by atoms with Crippen molar-refractivity contribution < 1.29 is 14.7 Å². The molecule has 0 aromatic heterocycles. The molecule has 0 aliphatic carbocycles. The molecule has 1 aromatic rings. The van der Waals surface area contributed by atoms with Crippen LogP contribution in [0.3, 0.4) is 0 Å². The third-order valence-corrected chi connectivity index (χ3v) is 3.28. The van der Waals surface area contributed by atoms with Crippen molar-refractivity contribution in [3.05, 3.63) is 34.3 Å². The maximum atomic E-state index is 11.9. The average Bonchev–Trinajstić information content (AvgIpc) is 2.30. The third kappa shape index (κ3) is 5.61. The summed E-state index contributed by atoms with van der Waals surface area (Å²) in [6.07, 6.45) is -0.551. The van der Waals surface area contributed by atoms with Gasteiger partial charge in [-0.15, -0.1) is 0 Å². The van der Waals surface area contributed by atoms with Crippen molar-refractivity contribution in [1.29, 1.82) is 0 Å². The molecular weight excluding hydrogens is 324 g/mol. The van der Waals surface area contributed by atoms with Gasteiger partial charge in [0.05, 0.1) is 0 Å². The van der Waals surface area contributed by atoms with Crippen molar-refractivity contribution in [2.45, 2.75) is 38.8 Å². The fourth-order valence-corrected chi connectivity index (χ4v) is 2.11. The van der Waals surface area contributed by atoms with Gasteiger partial charge in [-0.3, -0.25) is 4.79 Å². The van der Waals surface area contributed by atoms with Gasteiger partial charge in [0.25, 0.3) is 0 Å². The molecule has 0 heterocycles. The highest BCUT2D eigenvalue weighted by Crippen LogP contribution is 2.16. The minimum atomic E-state index is -1.21. The first kappa shape index (κ1) is 16.5. The lowest BCUT2D eigenvalue weighted by atomic mass is 9.94. The Balaban J connectivity index is 2.62. The number of carbonyl (C=O) groups excluding carboxylic acids is 1. The van der Waals surface area contributed by atoms with Crippen molar-refractivity contribution in [3.63, 3.8) is 0 Å². The molecule has 1 atom stereocenters. The number of carbonyl (C=O) groups is 2. The molecule has 0 spiro atoms. The van der Waals surface area contributed by atoms with E-state index in [4.69, 9.17) is 5.11 Å². The largest absolute Gasteiger partial charge is 0.465 e. The van der Waals surface area contributed by atoms with Crippen LogP contribution in [-0.4, -0.2) is 28.7 Å². The Morgan fingerprint density at radius 2 is 1.85 bits per heavy atom. The van der Waals surface area contributed by atoms with Crippen LogP contribution in [0, 0.1) is 0 Å². The lowest BCUT2D eigenvalue weighted by molar-refractivity contribution is -0.124. The molecule has 3 N–H and O–H groups in total. The van der Waals surface area contributed by atoms with E-state index in [2.05, 4.69) is 26.6 Å². The van der Waals surface area contributed by atoms with E-state index in [1.54, 1.807) is 0 Å². The van der Waals surface area contributed by atoms with Crippen LogP contribution >= 0.6 is 15.9 Å². The number of halogens is 1. The standard InChI is InChI=1S/C14H19BrN2O3/c1-9(16-13(19)20)12(18)17-14(2,3)8-10-4-6-11(15)7-5-10/h4-7,9,16H,8H2,1-3H3,(H,17,18)(H,19,20). The highest BCUT2D eigenvalue weighted by atomic mass is 79.9. The maximum Gasteiger partial charge on any atom is 0.405 e. The maximum absolute atomic E-state index is 11.9. The van der Waals surface area contributed by atoms with Gasteiger partial charge >= 0.3 is 6.09 Å². The van der Waals surface area contributed by atoms with E-state index in [1.165, 1.54) is 6.92 Å². The summed E-state index contributed by atoms with van der Waals surface area (Å²) >= 11 is 3.37. The zero-order valence-electron chi connectivity index (χ0n) is 11.7. The lowest BCUT2D eigenvalue weighted by Crippen LogP contribution is -2.52. The molecule has 0 saturated heterocycles. The van der Waals surface area contributed by atoms with Gasteiger partial charge in [0.15, 0.2) is 0 Å². The van der Waals surface area contributed by atoms with E-state index < -0.39 is 17.7 Å². The minimum absolute atomic E-state index is 0.338. The molecule has 1 rings (SSSR count). The van der Waals surface area contributed by atoms with Crippen LogP contribution in [0.25, 0.3) is 0 Å². The SMILES string of the molecule is CC(NC(=O)O)C(=O)NC(C)(C)Cc1ccc(Br)cc1. The molecule has 0 aliphatic rings. The first-order chi connectivity index (χ1) is 9.19. The van der Waals surface area contributed by atoms with Crippen molar-refractivity contribution in [3.8, 4) is 0 Å². The zero-order chi connectivity index (χ0) is 15.3. The second-order valence-corrected chi connectivity index (χ2v) is 6.26. The molecule has 1 unspecified atom stereocenters. The first-order valence-electron chi connectivity index (χ1n) is 6.25. The summed E-state index contributed by atoms with van der Waals surface area (Å²) in [6.45, 7) is 5.32. The van der Waals surface area contributed by atoms with E-state index in [9.17, 15) is 9.59 Å². The van der Waals surface area contributed by atoms with Gasteiger partial charge in [-0.1, -0.05) is 28.1 Å². The average molecular weight is 343 g/mol. The number of nitrogens with one attached hydrogen (secondary N) is 2. The van der Waals surface area contributed by atoms with Crippen LogP contribution in [0.2, 0.25) is 0 Å². The van der Waals surface area contributed by atoms with Gasteiger partial charge in [-0.05, 0) is 44.9 Å². The summed E-state index contributed by atoms with van der Waals surface area (Å²) in [7, 11) is 0. The van der Waals surface area contributed by atoms with Gasteiger partial charge in [0.2, 0.25) is 5.91 Å². The van der Waals surface area contributed by atoms with Crippen molar-refractivity contribution in [2.24, 2.45) is 0 Å². The van der Waals surface area contributed by atoms with Crippen molar-refractivity contribution in [2.75, 3.05) is 0 Å². The summed E-state index contributed by atoms with van der Waals surface area (Å²) in [5, 5.41) is 13.6. The highest BCUT2D eigenvalue weighted by Gasteiger charge is 2.24. The fourth-order valence-electron chi connectivity index (χ4n) is 1.85. The number of carboxylic acid groups (broad SMARTS) is 1. The molecule has 110 valence electrons. The summed E-state index contributed by atoms with van der Waals surface area (Å²) in [5.41, 5.74) is 0.636. The van der Waals surface area contributed by atoms with Gasteiger partial charge < -0.3 is 15.7 Å². The smallest absolute Gasteiger partial charge is 0.405 e. The predicted molar refractivity (Wildman–Crippen MR) is 80.7 cm³/mol. The highest BCUT2D eigenvalue weighted by molar-refractivity contribution is 9.10. The number of benzene rings is 1. The molecule has 0 fully saturated rings. The van der Waals surface area contributed by atoms with E-state index in [-0.39, 0.29) is 5.91 Å². The molecule has 5 nitrogen and oxygen atoms in total. The normalized spacial score (nSPS) is 12.6. The lowest BCUT2D eigenvalue weighted by Gasteiger charge is -2.28. The molecule has 20 heavy (non-hydrogen) atoms. The van der Waals surface area contributed by atoms with Crippen molar-refractivity contribution in [1.82, 2.24) is 10.6 Å². The monoisotopic (exact) mass is 342 g/mol. The van der Waals surface area contributed by atoms with Gasteiger partial charge in [0.1, 0.15) is 6.04 Å². The molecule has 0 saturated carbocycles. The molecule has 1 aromatic carbocycles. The van der Waals surface area contributed by atoms with Gasteiger partial charge in [-0.25, -0.2) is 4.79 Å². The molecule has 0 radical (unpaired) electrons. The zero-order valence-corrected chi connectivity index (χ0v) is 13.3. The van der Waals surface area contributed by atoms with Crippen LogP contribution in [-0.2, 0) is 11.2 Å². The Labute approximate surface area is 126 Å². The number of hydrogen-bond acceptors (Lipinski definition) is 2. The summed E-state index contributed by atoms with van der Waals surface area (Å²) in [4.78, 5) is 22.4. The number of amides is 2. The predicted octanol–water partition coefficient (Wildman–Crippen LogP) is 2.54. The Hall–Kier alpha value is -1.56. The third-order valence-electron chi connectivity index (χ3n) is 2.75. The molecule has 6 heteroatoms. The van der Waals surface area contributed by atoms with Crippen LogP contribution in [0.1, 0.15) is 26.3 Å². The van der Waals surface area contributed by atoms with Gasteiger partial charge in [-0.2, -0.15) is 0 Å². The Morgan fingerprint density at radius 3 is 2.35 bits per heavy atom. The topological polar surface area (TPSA) is 78.4 Å². The van der Waals surface area contributed by atoms with E-state index in [0.29, 0.717) is 6.42 Å². The molecule has 0 bridgehead atoms.